The maximum atomic E-state index is 12.4. The number of rotatable bonds is 6. The molecule has 0 saturated heterocycles. The first kappa shape index (κ1) is 23.7. The lowest BCUT2D eigenvalue weighted by Crippen LogP contribution is -2.45. The molecule has 34 heavy (non-hydrogen) atoms. The quantitative estimate of drug-likeness (QED) is 0.368. The monoisotopic (exact) mass is 498 g/mol. The maximum absolute atomic E-state index is 12.4. The number of benzene rings is 2. The number of hydrogen-bond acceptors (Lipinski definition) is 8. The van der Waals surface area contributed by atoms with Gasteiger partial charge in [0.15, 0.2) is 0 Å². The van der Waals surface area contributed by atoms with Gasteiger partial charge in [-0.15, -0.1) is 0 Å². The molecule has 1 amide bonds. The molecule has 9 nitrogen and oxygen atoms in total. The highest BCUT2D eigenvalue weighted by molar-refractivity contribution is 8.16. The largest absolute Gasteiger partial charge is 0.490 e. The van der Waals surface area contributed by atoms with Crippen molar-refractivity contribution in [1.82, 2.24) is 4.90 Å². The van der Waals surface area contributed by atoms with Crippen LogP contribution in [0.1, 0.15) is 16.7 Å². The van der Waals surface area contributed by atoms with Crippen molar-refractivity contribution in [3.05, 3.63) is 64.7 Å². The summed E-state index contributed by atoms with van der Waals surface area (Å²) < 4.78 is 39.3. The summed E-state index contributed by atoms with van der Waals surface area (Å²) in [5.74, 6) is 0.543. The van der Waals surface area contributed by atoms with E-state index in [9.17, 15) is 13.2 Å². The normalized spacial score (nSPS) is 16.9. The van der Waals surface area contributed by atoms with E-state index in [2.05, 4.69) is 9.39 Å². The number of aliphatic imine (C=N–C) groups is 1. The van der Waals surface area contributed by atoms with Gasteiger partial charge in [-0.1, -0.05) is 24.3 Å². The van der Waals surface area contributed by atoms with E-state index >= 15 is 0 Å². The van der Waals surface area contributed by atoms with Crippen LogP contribution in [0.25, 0.3) is 6.08 Å². The van der Waals surface area contributed by atoms with Gasteiger partial charge >= 0.3 is 0 Å². The lowest BCUT2D eigenvalue weighted by Gasteiger charge is -2.23. The van der Waals surface area contributed by atoms with Gasteiger partial charge in [-0.25, -0.2) is 13.3 Å². The zero-order chi connectivity index (χ0) is 24.5. The molecule has 0 saturated carbocycles. The molecule has 0 bridgehead atoms. The standard InChI is InChI=1S/C23H22N4O5S2/c1-14-4-5-15(2)19(12-14)32-11-10-31-17-8-6-16(7-9-17)13-18-20(24)27-22(25-21(18)28)33-26-23(27)34(3,29)30/h4-9,12-13,24H,10-11H2,1-3H3/b18-13-,24-20?. The molecule has 0 atom stereocenters. The number of amides is 1. The highest BCUT2D eigenvalue weighted by Gasteiger charge is 2.41. The minimum atomic E-state index is -3.69. The van der Waals surface area contributed by atoms with Crippen LogP contribution >= 0.6 is 11.9 Å². The SMILES string of the molecule is Cc1ccc(C)c(OCCOc2ccc(/C=C3/C(=N)N4C(=NC3=O)SN=C4S(C)(=O)=O)cc2)c1. The Balaban J connectivity index is 1.40. The Morgan fingerprint density at radius 1 is 1.09 bits per heavy atom. The van der Waals surface area contributed by atoms with E-state index in [0.717, 1.165) is 40.0 Å². The number of hydrogen-bond donors (Lipinski definition) is 1. The first-order chi connectivity index (χ1) is 16.1. The minimum absolute atomic E-state index is 0.0295. The Morgan fingerprint density at radius 2 is 1.79 bits per heavy atom. The summed E-state index contributed by atoms with van der Waals surface area (Å²) in [6, 6.07) is 13.0. The molecule has 176 valence electrons. The van der Waals surface area contributed by atoms with Crippen molar-refractivity contribution in [2.75, 3.05) is 19.5 Å². The maximum Gasteiger partial charge on any atom is 0.283 e. The molecule has 2 aliphatic rings. The predicted octanol–water partition coefficient (Wildman–Crippen LogP) is 3.38. The summed E-state index contributed by atoms with van der Waals surface area (Å²) in [6.45, 7) is 4.74. The molecule has 11 heteroatoms. The van der Waals surface area contributed by atoms with Crippen molar-refractivity contribution < 1.29 is 22.7 Å². The number of nitrogens with one attached hydrogen (secondary N) is 1. The lowest BCUT2D eigenvalue weighted by molar-refractivity contribution is -0.114. The van der Waals surface area contributed by atoms with Crippen LogP contribution in [0.5, 0.6) is 11.5 Å². The van der Waals surface area contributed by atoms with Gasteiger partial charge in [0.25, 0.3) is 5.91 Å². The first-order valence-corrected chi connectivity index (χ1v) is 12.9. The summed E-state index contributed by atoms with van der Waals surface area (Å²) in [4.78, 5) is 17.4. The van der Waals surface area contributed by atoms with Crippen LogP contribution in [-0.4, -0.2) is 54.9 Å². The van der Waals surface area contributed by atoms with Gasteiger partial charge in [-0.05, 0) is 54.8 Å². The van der Waals surface area contributed by atoms with Crippen LogP contribution in [0.2, 0.25) is 0 Å². The van der Waals surface area contributed by atoms with Crippen molar-refractivity contribution in [3.63, 3.8) is 0 Å². The Labute approximate surface area is 201 Å². The lowest BCUT2D eigenvalue weighted by atomic mass is 10.1. The van der Waals surface area contributed by atoms with Gasteiger partial charge in [0.1, 0.15) is 30.5 Å². The van der Waals surface area contributed by atoms with Gasteiger partial charge in [0.2, 0.25) is 20.2 Å². The third-order valence-electron chi connectivity index (χ3n) is 4.97. The topological polar surface area (TPSA) is 121 Å². The molecule has 0 spiro atoms. The highest BCUT2D eigenvalue weighted by Crippen LogP contribution is 2.30. The van der Waals surface area contributed by atoms with Crippen LogP contribution in [0, 0.1) is 19.3 Å². The number of ether oxygens (including phenoxy) is 2. The number of carbonyl (C=O) groups excluding carboxylic acids is 1. The van der Waals surface area contributed by atoms with E-state index in [1.807, 2.05) is 32.0 Å². The first-order valence-electron chi connectivity index (χ1n) is 10.3. The molecule has 1 N–H and O–H groups in total. The number of sulfone groups is 1. The van der Waals surface area contributed by atoms with Crippen LogP contribution in [0.3, 0.4) is 0 Å². The van der Waals surface area contributed by atoms with Gasteiger partial charge in [0, 0.05) is 6.26 Å². The molecular formula is C23H22N4O5S2. The Hall–Kier alpha value is -3.44. The molecule has 2 aromatic rings. The van der Waals surface area contributed by atoms with E-state index in [1.165, 1.54) is 6.08 Å². The summed E-state index contributed by atoms with van der Waals surface area (Å²) in [7, 11) is -3.69. The Morgan fingerprint density at radius 3 is 2.50 bits per heavy atom. The van der Waals surface area contributed by atoms with Crippen molar-refractivity contribution in [2.24, 2.45) is 9.39 Å². The van der Waals surface area contributed by atoms with Crippen molar-refractivity contribution in [1.29, 1.82) is 5.41 Å². The Bertz CT molecular complexity index is 1360. The van der Waals surface area contributed by atoms with Crippen molar-refractivity contribution >= 4 is 49.9 Å². The predicted molar refractivity (Wildman–Crippen MR) is 133 cm³/mol. The molecule has 0 aliphatic carbocycles. The van der Waals surface area contributed by atoms with Crippen molar-refractivity contribution in [3.8, 4) is 11.5 Å². The smallest absolute Gasteiger partial charge is 0.283 e. The fourth-order valence-electron chi connectivity index (χ4n) is 3.24. The van der Waals surface area contributed by atoms with Crippen molar-refractivity contribution in [2.45, 2.75) is 13.8 Å². The Kier molecular flexibility index (Phi) is 6.58. The molecular weight excluding hydrogens is 476 g/mol. The summed E-state index contributed by atoms with van der Waals surface area (Å²) in [5, 5.41) is 8.12. The van der Waals surface area contributed by atoms with Gasteiger partial charge in [-0.3, -0.25) is 10.2 Å². The van der Waals surface area contributed by atoms with E-state index in [1.54, 1.807) is 24.3 Å². The van der Waals surface area contributed by atoms with E-state index in [0.29, 0.717) is 24.5 Å². The van der Waals surface area contributed by atoms with Crippen LogP contribution < -0.4 is 9.47 Å². The number of aryl methyl sites for hydroxylation is 2. The van der Waals surface area contributed by atoms with Crippen LogP contribution in [-0.2, 0) is 14.6 Å². The minimum Gasteiger partial charge on any atom is -0.490 e. The second-order valence-electron chi connectivity index (χ2n) is 7.71. The van der Waals surface area contributed by atoms with E-state index in [-0.39, 0.29) is 21.7 Å². The molecule has 2 aliphatic heterocycles. The van der Waals surface area contributed by atoms with Crippen LogP contribution in [0.15, 0.2) is 57.4 Å². The van der Waals surface area contributed by atoms with Crippen LogP contribution in [0.4, 0.5) is 0 Å². The summed E-state index contributed by atoms with van der Waals surface area (Å²) >= 11 is 0.757. The second kappa shape index (κ2) is 9.43. The summed E-state index contributed by atoms with van der Waals surface area (Å²) in [5.41, 5.74) is 2.79. The molecule has 0 unspecified atom stereocenters. The third kappa shape index (κ3) is 5.05. The van der Waals surface area contributed by atoms with E-state index in [4.69, 9.17) is 14.9 Å². The molecule has 0 radical (unpaired) electrons. The zero-order valence-corrected chi connectivity index (χ0v) is 20.4. The number of fused-ring (bicyclic) bond motifs is 1. The fourth-order valence-corrected chi connectivity index (χ4v) is 5.08. The highest BCUT2D eigenvalue weighted by atomic mass is 32.2. The van der Waals surface area contributed by atoms with E-state index < -0.39 is 15.7 Å². The fraction of sp³-hybridized carbons (Fsp3) is 0.217. The molecule has 0 fully saturated rings. The molecule has 0 aromatic heterocycles. The molecule has 4 rings (SSSR count). The van der Waals surface area contributed by atoms with Gasteiger partial charge in [0.05, 0.1) is 17.5 Å². The third-order valence-corrected chi connectivity index (χ3v) is 6.72. The van der Waals surface area contributed by atoms with Gasteiger partial charge in [-0.2, -0.15) is 9.39 Å². The average molecular weight is 499 g/mol. The molecule has 2 aromatic carbocycles. The van der Waals surface area contributed by atoms with Gasteiger partial charge < -0.3 is 9.47 Å². The number of carbonyl (C=O) groups is 1. The zero-order valence-electron chi connectivity index (χ0n) is 18.7. The number of nitrogens with zero attached hydrogens (tertiary/aromatic N) is 3. The number of amidine groups is 3. The average Bonchev–Trinajstić information content (AvgIpc) is 3.22. The second-order valence-corrected chi connectivity index (χ2v) is 10.4. The summed E-state index contributed by atoms with van der Waals surface area (Å²) in [6.07, 6.45) is 2.48. The molecule has 2 heterocycles.